The van der Waals surface area contributed by atoms with Crippen molar-refractivity contribution in [3.63, 3.8) is 0 Å². The van der Waals surface area contributed by atoms with Crippen molar-refractivity contribution < 1.29 is 0 Å². The molecule has 2 heterocycles. The Balaban J connectivity index is 1.62. The van der Waals surface area contributed by atoms with E-state index >= 15 is 0 Å². The summed E-state index contributed by atoms with van der Waals surface area (Å²) in [5.41, 5.74) is 2.68. The van der Waals surface area contributed by atoms with Crippen molar-refractivity contribution in [1.82, 2.24) is 30.0 Å². The predicted octanol–water partition coefficient (Wildman–Crippen LogP) is 3.52. The van der Waals surface area contributed by atoms with Gasteiger partial charge in [-0.05, 0) is 35.0 Å². The molecule has 0 aliphatic carbocycles. The van der Waals surface area contributed by atoms with Crippen molar-refractivity contribution in [2.75, 3.05) is 0 Å². The molecule has 0 unspecified atom stereocenters. The fourth-order valence-corrected chi connectivity index (χ4v) is 2.89. The van der Waals surface area contributed by atoms with Gasteiger partial charge in [-0.15, -0.1) is 22.8 Å². The van der Waals surface area contributed by atoms with Crippen LogP contribution in [0.15, 0.2) is 65.8 Å². The summed E-state index contributed by atoms with van der Waals surface area (Å²) in [6, 6.07) is 17.3. The first kappa shape index (κ1) is 15.9. The maximum absolute atomic E-state index is 5.93. The molecule has 4 aromatic rings. The van der Waals surface area contributed by atoms with Gasteiger partial charge in [-0.25, -0.2) is 4.68 Å². The normalized spacial score (nSPS) is 11.0. The Labute approximate surface area is 154 Å². The third kappa shape index (κ3) is 3.29. The second-order valence-corrected chi connectivity index (χ2v) is 6.26. The van der Waals surface area contributed by atoms with Gasteiger partial charge in [0.25, 0.3) is 0 Å². The van der Waals surface area contributed by atoms with Gasteiger partial charge in [-0.1, -0.05) is 41.9 Å². The summed E-state index contributed by atoms with van der Waals surface area (Å²) in [6.07, 6.45) is 1.68. The number of thiol groups is 1. The second-order valence-electron chi connectivity index (χ2n) is 5.40. The van der Waals surface area contributed by atoms with E-state index in [1.54, 1.807) is 27.8 Å². The molecule has 0 aliphatic rings. The van der Waals surface area contributed by atoms with Crippen LogP contribution in [-0.4, -0.2) is 30.0 Å². The lowest BCUT2D eigenvalue weighted by Gasteiger charge is -2.03. The van der Waals surface area contributed by atoms with Crippen molar-refractivity contribution in [1.29, 1.82) is 0 Å². The fourth-order valence-electron chi connectivity index (χ4n) is 2.44. The van der Waals surface area contributed by atoms with E-state index in [4.69, 9.17) is 11.6 Å². The zero-order valence-corrected chi connectivity index (χ0v) is 14.6. The molecule has 2 aromatic heterocycles. The van der Waals surface area contributed by atoms with E-state index in [2.05, 4.69) is 33.1 Å². The molecule has 0 saturated heterocycles. The summed E-state index contributed by atoms with van der Waals surface area (Å²) in [4.78, 5) is 1.55. The predicted molar refractivity (Wildman–Crippen MR) is 98.2 cm³/mol. The van der Waals surface area contributed by atoms with Crippen molar-refractivity contribution in [2.24, 2.45) is 0 Å². The van der Waals surface area contributed by atoms with Crippen LogP contribution < -0.4 is 0 Å². The number of nitrogens with zero attached hydrogens (tertiary/aromatic N) is 6. The third-order valence-electron chi connectivity index (χ3n) is 3.68. The standard InChI is InChI=1S/C17H13ClN6S/c18-13-6-8-14(9-7-13)24-17(25)15(10-19-24)16-20-22-23(21-16)11-12-4-2-1-3-5-12/h1-10,25H,11H2. The lowest BCUT2D eigenvalue weighted by Crippen LogP contribution is -2.03. The number of aromatic nitrogens is 6. The molecule has 2 aromatic carbocycles. The molecule has 4 rings (SSSR count). The minimum Gasteiger partial charge on any atom is -0.227 e. The van der Waals surface area contributed by atoms with Crippen LogP contribution in [0.2, 0.25) is 5.02 Å². The highest BCUT2D eigenvalue weighted by Crippen LogP contribution is 2.26. The van der Waals surface area contributed by atoms with E-state index in [-0.39, 0.29) is 0 Å². The third-order valence-corrected chi connectivity index (χ3v) is 4.36. The Bertz CT molecular complexity index is 994. The van der Waals surface area contributed by atoms with E-state index < -0.39 is 0 Å². The van der Waals surface area contributed by atoms with Crippen molar-refractivity contribution in [2.45, 2.75) is 11.6 Å². The zero-order valence-electron chi connectivity index (χ0n) is 13.0. The Morgan fingerprint density at radius 1 is 1.00 bits per heavy atom. The Morgan fingerprint density at radius 3 is 2.52 bits per heavy atom. The molecule has 0 aliphatic heterocycles. The zero-order chi connectivity index (χ0) is 17.2. The minimum absolute atomic E-state index is 0.487. The van der Waals surface area contributed by atoms with Crippen LogP contribution in [0.3, 0.4) is 0 Å². The first-order valence-corrected chi connectivity index (χ1v) is 8.38. The van der Waals surface area contributed by atoms with Gasteiger partial charge in [0.2, 0.25) is 5.82 Å². The molecule has 25 heavy (non-hydrogen) atoms. The molecule has 0 atom stereocenters. The van der Waals surface area contributed by atoms with Gasteiger partial charge in [-0.3, -0.25) is 0 Å². The van der Waals surface area contributed by atoms with E-state index in [0.29, 0.717) is 22.4 Å². The second kappa shape index (κ2) is 6.70. The monoisotopic (exact) mass is 368 g/mol. The van der Waals surface area contributed by atoms with Gasteiger partial charge in [-0.2, -0.15) is 9.90 Å². The molecular formula is C17H13ClN6S. The summed E-state index contributed by atoms with van der Waals surface area (Å²) in [7, 11) is 0. The number of tetrazole rings is 1. The topological polar surface area (TPSA) is 61.4 Å². The lowest BCUT2D eigenvalue weighted by molar-refractivity contribution is 0.573. The number of hydrogen-bond donors (Lipinski definition) is 1. The van der Waals surface area contributed by atoms with Gasteiger partial charge in [0.1, 0.15) is 5.03 Å². The van der Waals surface area contributed by atoms with Crippen LogP contribution >= 0.6 is 24.2 Å². The van der Waals surface area contributed by atoms with Gasteiger partial charge < -0.3 is 0 Å². The smallest absolute Gasteiger partial charge is 0.209 e. The number of rotatable bonds is 4. The first-order valence-electron chi connectivity index (χ1n) is 7.56. The van der Waals surface area contributed by atoms with E-state index in [1.165, 1.54) is 0 Å². The van der Waals surface area contributed by atoms with Gasteiger partial charge in [0.15, 0.2) is 0 Å². The van der Waals surface area contributed by atoms with Gasteiger partial charge >= 0.3 is 0 Å². The molecule has 0 N–H and O–H groups in total. The number of hydrogen-bond acceptors (Lipinski definition) is 5. The van der Waals surface area contributed by atoms with Crippen LogP contribution in [0, 0.1) is 0 Å². The van der Waals surface area contributed by atoms with E-state index in [1.807, 2.05) is 42.5 Å². The van der Waals surface area contributed by atoms with Gasteiger partial charge in [0, 0.05) is 5.02 Å². The fraction of sp³-hybridized carbons (Fsp3) is 0.0588. The number of halogens is 1. The number of benzene rings is 2. The first-order chi connectivity index (χ1) is 12.2. The van der Waals surface area contributed by atoms with E-state index in [0.717, 1.165) is 16.8 Å². The van der Waals surface area contributed by atoms with Crippen LogP contribution in [0.4, 0.5) is 0 Å². The largest absolute Gasteiger partial charge is 0.227 e. The summed E-state index contributed by atoms with van der Waals surface area (Å²) in [6.45, 7) is 0.557. The lowest BCUT2D eigenvalue weighted by atomic mass is 10.2. The van der Waals surface area contributed by atoms with Crippen LogP contribution in [0.1, 0.15) is 5.56 Å². The Morgan fingerprint density at radius 2 is 1.76 bits per heavy atom. The Kier molecular flexibility index (Phi) is 4.25. The highest BCUT2D eigenvalue weighted by atomic mass is 35.5. The Hall–Kier alpha value is -2.64. The van der Waals surface area contributed by atoms with Crippen LogP contribution in [0.25, 0.3) is 17.1 Å². The van der Waals surface area contributed by atoms with Crippen molar-refractivity contribution in [3.05, 3.63) is 71.4 Å². The molecule has 0 bridgehead atoms. The van der Waals surface area contributed by atoms with Crippen molar-refractivity contribution in [3.8, 4) is 17.1 Å². The molecular weight excluding hydrogens is 356 g/mol. The van der Waals surface area contributed by atoms with Crippen LogP contribution in [0.5, 0.6) is 0 Å². The SMILES string of the molecule is Sc1c(-c2nnn(Cc3ccccc3)n2)cnn1-c1ccc(Cl)cc1. The minimum atomic E-state index is 0.487. The maximum atomic E-state index is 5.93. The van der Waals surface area contributed by atoms with Crippen LogP contribution in [-0.2, 0) is 6.54 Å². The molecule has 0 spiro atoms. The average molecular weight is 369 g/mol. The highest BCUT2D eigenvalue weighted by molar-refractivity contribution is 7.80. The summed E-state index contributed by atoms with van der Waals surface area (Å²) >= 11 is 10.5. The quantitative estimate of drug-likeness (QED) is 0.560. The van der Waals surface area contributed by atoms with E-state index in [9.17, 15) is 0 Å². The summed E-state index contributed by atoms with van der Waals surface area (Å²) in [5.74, 6) is 0.487. The molecule has 8 heteroatoms. The molecule has 124 valence electrons. The van der Waals surface area contributed by atoms with Gasteiger partial charge in [0.05, 0.1) is 24.0 Å². The summed E-state index contributed by atoms with van der Waals surface area (Å²) in [5, 5.41) is 18.3. The molecule has 0 fully saturated rings. The molecule has 0 radical (unpaired) electrons. The summed E-state index contributed by atoms with van der Waals surface area (Å²) < 4.78 is 1.70. The average Bonchev–Trinajstić information content (AvgIpc) is 3.23. The molecule has 0 amide bonds. The molecule has 0 saturated carbocycles. The highest BCUT2D eigenvalue weighted by Gasteiger charge is 2.15. The maximum Gasteiger partial charge on any atom is 0.209 e. The van der Waals surface area contributed by atoms with Crippen molar-refractivity contribution >= 4 is 24.2 Å². The molecule has 6 nitrogen and oxygen atoms in total.